The van der Waals surface area contributed by atoms with Crippen molar-refractivity contribution in [3.63, 3.8) is 0 Å². The molecule has 2 aliphatic rings. The van der Waals surface area contributed by atoms with Crippen LogP contribution < -0.4 is 11.1 Å². The molecule has 0 bridgehead atoms. The summed E-state index contributed by atoms with van der Waals surface area (Å²) in [5.74, 6) is -1.91. The van der Waals surface area contributed by atoms with E-state index in [0.29, 0.717) is 17.7 Å². The summed E-state index contributed by atoms with van der Waals surface area (Å²) in [5, 5.41) is 2.21. The van der Waals surface area contributed by atoms with E-state index in [4.69, 9.17) is 5.73 Å². The highest BCUT2D eigenvalue weighted by atomic mass is 16.2. The van der Waals surface area contributed by atoms with Crippen molar-refractivity contribution in [2.24, 2.45) is 5.73 Å². The molecular weight excluding hydrogens is 372 g/mol. The Morgan fingerprint density at radius 3 is 2.52 bits per heavy atom. The third kappa shape index (κ3) is 4.71. The molecule has 2 heterocycles. The summed E-state index contributed by atoms with van der Waals surface area (Å²) in [6.07, 6.45) is 4.69. The number of piperidine rings is 1. The monoisotopic (exact) mass is 400 g/mol. The van der Waals surface area contributed by atoms with E-state index in [1.54, 1.807) is 12.1 Å². The van der Waals surface area contributed by atoms with E-state index in [-0.39, 0.29) is 18.7 Å². The first kappa shape index (κ1) is 21.1. The van der Waals surface area contributed by atoms with Gasteiger partial charge in [0.15, 0.2) is 0 Å². The summed E-state index contributed by atoms with van der Waals surface area (Å²) in [7, 11) is 2.03. The van der Waals surface area contributed by atoms with E-state index in [1.807, 2.05) is 13.1 Å². The molecule has 8 nitrogen and oxygen atoms in total. The number of imide groups is 2. The number of nitrogens with one attached hydrogen (secondary N) is 1. The highest BCUT2D eigenvalue weighted by molar-refractivity contribution is 6.23. The minimum atomic E-state index is -0.931. The number of carbonyl (C=O) groups excluding carboxylic acids is 4. The number of nitrogens with two attached hydrogens (primary N) is 1. The number of benzene rings is 1. The van der Waals surface area contributed by atoms with Crippen LogP contribution in [0.25, 0.3) is 0 Å². The maximum absolute atomic E-state index is 12.9. The normalized spacial score (nSPS) is 19.1. The van der Waals surface area contributed by atoms with Crippen LogP contribution in [0.3, 0.4) is 0 Å². The molecule has 1 aromatic carbocycles. The average molecular weight is 400 g/mol. The SMILES string of the molecule is CN(CCCCCCN)Cc1ccc2c(c1)C(=O)N(C1CCC(=O)NC1=O)C2=O. The van der Waals surface area contributed by atoms with Crippen molar-refractivity contribution in [1.29, 1.82) is 0 Å². The van der Waals surface area contributed by atoms with Crippen molar-refractivity contribution in [3.8, 4) is 0 Å². The predicted molar refractivity (Wildman–Crippen MR) is 107 cm³/mol. The molecule has 0 saturated carbocycles. The van der Waals surface area contributed by atoms with Crippen molar-refractivity contribution in [3.05, 3.63) is 34.9 Å². The van der Waals surface area contributed by atoms with E-state index >= 15 is 0 Å². The first-order valence-electron chi connectivity index (χ1n) is 10.2. The van der Waals surface area contributed by atoms with Crippen molar-refractivity contribution >= 4 is 23.6 Å². The summed E-state index contributed by atoms with van der Waals surface area (Å²) in [6, 6.07) is 4.32. The lowest BCUT2D eigenvalue weighted by molar-refractivity contribution is -0.136. The summed E-state index contributed by atoms with van der Waals surface area (Å²) in [5.41, 5.74) is 7.09. The molecule has 8 heteroatoms. The highest BCUT2D eigenvalue weighted by Crippen LogP contribution is 2.28. The van der Waals surface area contributed by atoms with Gasteiger partial charge in [-0.3, -0.25) is 29.4 Å². The third-order valence-electron chi connectivity index (χ3n) is 5.45. The lowest BCUT2D eigenvalue weighted by Gasteiger charge is -2.27. The Labute approximate surface area is 170 Å². The van der Waals surface area contributed by atoms with Crippen LogP contribution in [0.2, 0.25) is 0 Å². The number of hydrogen-bond acceptors (Lipinski definition) is 6. The molecule has 0 aliphatic carbocycles. The standard InChI is InChI=1S/C21H28N4O4/c1-24(11-5-3-2-4-10-22)13-14-6-7-15-16(12-14)21(29)25(20(15)28)17-8-9-18(26)23-19(17)27/h6-7,12,17H,2-5,8-11,13,22H2,1H3,(H,23,26,27). The Morgan fingerprint density at radius 1 is 1.07 bits per heavy atom. The van der Waals surface area contributed by atoms with Gasteiger partial charge in [0.05, 0.1) is 11.1 Å². The van der Waals surface area contributed by atoms with Crippen molar-refractivity contribution < 1.29 is 19.2 Å². The third-order valence-corrected chi connectivity index (χ3v) is 5.45. The maximum Gasteiger partial charge on any atom is 0.262 e. The van der Waals surface area contributed by atoms with Crippen LogP contribution in [0.15, 0.2) is 18.2 Å². The number of unbranched alkanes of at least 4 members (excludes halogenated alkanes) is 3. The molecule has 3 rings (SSSR count). The lowest BCUT2D eigenvalue weighted by Crippen LogP contribution is -2.54. The van der Waals surface area contributed by atoms with E-state index < -0.39 is 23.8 Å². The van der Waals surface area contributed by atoms with Gasteiger partial charge in [-0.15, -0.1) is 0 Å². The van der Waals surface area contributed by atoms with E-state index in [0.717, 1.165) is 49.2 Å². The van der Waals surface area contributed by atoms with Crippen LogP contribution in [0, 0.1) is 0 Å². The molecule has 1 atom stereocenters. The lowest BCUT2D eigenvalue weighted by atomic mass is 10.0. The molecule has 0 radical (unpaired) electrons. The summed E-state index contributed by atoms with van der Waals surface area (Å²) < 4.78 is 0. The Hall–Kier alpha value is -2.58. The molecule has 29 heavy (non-hydrogen) atoms. The summed E-state index contributed by atoms with van der Waals surface area (Å²) in [4.78, 5) is 52.2. The van der Waals surface area contributed by atoms with E-state index in [1.165, 1.54) is 0 Å². The zero-order chi connectivity index (χ0) is 21.0. The van der Waals surface area contributed by atoms with Crippen LogP contribution in [0.5, 0.6) is 0 Å². The number of fused-ring (bicyclic) bond motifs is 1. The second kappa shape index (κ2) is 9.28. The molecule has 0 aromatic heterocycles. The Balaban J connectivity index is 1.64. The number of amides is 4. The zero-order valence-corrected chi connectivity index (χ0v) is 16.8. The Kier molecular flexibility index (Phi) is 6.76. The number of rotatable bonds is 9. The minimum absolute atomic E-state index is 0.116. The molecule has 1 fully saturated rings. The Morgan fingerprint density at radius 2 is 1.79 bits per heavy atom. The van der Waals surface area contributed by atoms with Crippen LogP contribution in [0.1, 0.15) is 64.8 Å². The van der Waals surface area contributed by atoms with Gasteiger partial charge >= 0.3 is 0 Å². The van der Waals surface area contributed by atoms with Gasteiger partial charge in [0.1, 0.15) is 6.04 Å². The molecule has 4 amide bonds. The van der Waals surface area contributed by atoms with Gasteiger partial charge in [0, 0.05) is 13.0 Å². The topological polar surface area (TPSA) is 113 Å². The quantitative estimate of drug-likeness (QED) is 0.473. The fourth-order valence-electron chi connectivity index (χ4n) is 3.89. The van der Waals surface area contributed by atoms with Crippen LogP contribution in [-0.4, -0.2) is 59.6 Å². The average Bonchev–Trinajstić information content (AvgIpc) is 2.92. The minimum Gasteiger partial charge on any atom is -0.330 e. The maximum atomic E-state index is 12.9. The van der Waals surface area contributed by atoms with Gasteiger partial charge in [-0.25, -0.2) is 0 Å². The predicted octanol–water partition coefficient (Wildman–Crippen LogP) is 1.04. The van der Waals surface area contributed by atoms with Gasteiger partial charge in [-0.05, 0) is 57.1 Å². The zero-order valence-electron chi connectivity index (χ0n) is 16.8. The molecule has 1 aromatic rings. The number of nitrogens with zero attached hydrogens (tertiary/aromatic N) is 2. The molecule has 0 spiro atoms. The number of hydrogen-bond donors (Lipinski definition) is 2. The fourth-order valence-corrected chi connectivity index (χ4v) is 3.89. The highest BCUT2D eigenvalue weighted by Gasteiger charge is 2.44. The van der Waals surface area contributed by atoms with Crippen molar-refractivity contribution in [2.75, 3.05) is 20.1 Å². The summed E-state index contributed by atoms with van der Waals surface area (Å²) in [6.45, 7) is 2.34. The van der Waals surface area contributed by atoms with Crippen LogP contribution >= 0.6 is 0 Å². The van der Waals surface area contributed by atoms with Crippen molar-refractivity contribution in [1.82, 2.24) is 15.1 Å². The fraction of sp³-hybridized carbons (Fsp3) is 0.524. The molecule has 1 saturated heterocycles. The second-order valence-electron chi connectivity index (χ2n) is 7.77. The molecule has 2 aliphatic heterocycles. The van der Waals surface area contributed by atoms with Gasteiger partial charge in [-0.1, -0.05) is 18.9 Å². The van der Waals surface area contributed by atoms with E-state index in [2.05, 4.69) is 10.2 Å². The van der Waals surface area contributed by atoms with Crippen LogP contribution in [-0.2, 0) is 16.1 Å². The van der Waals surface area contributed by atoms with Gasteiger partial charge in [-0.2, -0.15) is 0 Å². The second-order valence-corrected chi connectivity index (χ2v) is 7.77. The van der Waals surface area contributed by atoms with E-state index in [9.17, 15) is 19.2 Å². The van der Waals surface area contributed by atoms with Gasteiger partial charge in [0.25, 0.3) is 11.8 Å². The van der Waals surface area contributed by atoms with Gasteiger partial charge in [0.2, 0.25) is 11.8 Å². The molecule has 156 valence electrons. The first-order valence-corrected chi connectivity index (χ1v) is 10.2. The first-order chi connectivity index (χ1) is 13.9. The van der Waals surface area contributed by atoms with Gasteiger partial charge < -0.3 is 10.6 Å². The Bertz CT molecular complexity index is 823. The molecule has 1 unspecified atom stereocenters. The largest absolute Gasteiger partial charge is 0.330 e. The van der Waals surface area contributed by atoms with Crippen molar-refractivity contribution in [2.45, 2.75) is 51.1 Å². The van der Waals surface area contributed by atoms with Crippen LogP contribution in [0.4, 0.5) is 0 Å². The molecular formula is C21H28N4O4. The summed E-state index contributed by atoms with van der Waals surface area (Å²) >= 11 is 0. The molecule has 3 N–H and O–H groups in total. The number of carbonyl (C=O) groups is 4. The smallest absolute Gasteiger partial charge is 0.262 e.